The van der Waals surface area contributed by atoms with Gasteiger partial charge in [0.05, 0.1) is 19.2 Å². The molecule has 0 unspecified atom stereocenters. The van der Waals surface area contributed by atoms with Gasteiger partial charge in [0, 0.05) is 21.5 Å². The van der Waals surface area contributed by atoms with Gasteiger partial charge in [0.25, 0.3) is 0 Å². The molecule has 0 bridgehead atoms. The molecule has 0 atom stereocenters. The van der Waals surface area contributed by atoms with Crippen LogP contribution in [0, 0.1) is 0 Å². The van der Waals surface area contributed by atoms with E-state index in [4.69, 9.17) is 21.1 Å². The van der Waals surface area contributed by atoms with Crippen molar-refractivity contribution in [1.29, 1.82) is 0 Å². The number of hydrogen-bond acceptors (Lipinski definition) is 2. The maximum atomic E-state index is 6.33. The fraction of sp³-hybridized carbons (Fsp3) is 0.125. The predicted molar refractivity (Wildman–Crippen MR) is 79.6 cm³/mol. The van der Waals surface area contributed by atoms with Crippen molar-refractivity contribution < 1.29 is 9.47 Å². The summed E-state index contributed by atoms with van der Waals surface area (Å²) in [7, 11) is 3.34. The van der Waals surface area contributed by atoms with Gasteiger partial charge in [0.2, 0.25) is 0 Å². The topological polar surface area (TPSA) is 18.5 Å². The molecule has 0 fully saturated rings. The van der Waals surface area contributed by atoms with Gasteiger partial charge in [-0.1, -0.05) is 48.0 Å². The molecule has 0 aliphatic heterocycles. The lowest BCUT2D eigenvalue weighted by Crippen LogP contribution is -1.93. The molecule has 0 aliphatic rings. The molecule has 0 spiro atoms. The minimum atomic E-state index is 0.665. The molecule has 0 saturated heterocycles. The van der Waals surface area contributed by atoms with Crippen LogP contribution in [-0.2, 0) is 0 Å². The molecular formula is C16H13ClO2. The SMILES string of the molecule is COc1c2ccccc2c(OC)c2c(Cl)cccc12. The number of rotatable bonds is 2. The summed E-state index contributed by atoms with van der Waals surface area (Å²) < 4.78 is 11.2. The molecular weight excluding hydrogens is 260 g/mol. The van der Waals surface area contributed by atoms with E-state index >= 15 is 0 Å². The molecule has 3 aromatic carbocycles. The molecule has 96 valence electrons. The summed E-state index contributed by atoms with van der Waals surface area (Å²) >= 11 is 6.33. The van der Waals surface area contributed by atoms with Crippen LogP contribution in [0.1, 0.15) is 0 Å². The Morgan fingerprint density at radius 1 is 0.737 bits per heavy atom. The second-order valence-corrected chi connectivity index (χ2v) is 4.68. The minimum Gasteiger partial charge on any atom is -0.495 e. The van der Waals surface area contributed by atoms with Gasteiger partial charge in [0.1, 0.15) is 11.5 Å². The lowest BCUT2D eigenvalue weighted by molar-refractivity contribution is 0.417. The van der Waals surface area contributed by atoms with Gasteiger partial charge in [-0.15, -0.1) is 0 Å². The van der Waals surface area contributed by atoms with Crippen molar-refractivity contribution in [3.63, 3.8) is 0 Å². The monoisotopic (exact) mass is 272 g/mol. The van der Waals surface area contributed by atoms with Gasteiger partial charge in [-0.2, -0.15) is 0 Å². The van der Waals surface area contributed by atoms with Crippen LogP contribution in [0.5, 0.6) is 11.5 Å². The second-order valence-electron chi connectivity index (χ2n) is 4.27. The summed E-state index contributed by atoms with van der Waals surface area (Å²) in [6.45, 7) is 0. The largest absolute Gasteiger partial charge is 0.495 e. The normalized spacial score (nSPS) is 10.9. The van der Waals surface area contributed by atoms with E-state index in [9.17, 15) is 0 Å². The lowest BCUT2D eigenvalue weighted by Gasteiger charge is -2.15. The van der Waals surface area contributed by atoms with Crippen molar-refractivity contribution in [2.24, 2.45) is 0 Å². The van der Waals surface area contributed by atoms with Crippen molar-refractivity contribution in [2.45, 2.75) is 0 Å². The van der Waals surface area contributed by atoms with Gasteiger partial charge in [-0.3, -0.25) is 0 Å². The van der Waals surface area contributed by atoms with Crippen molar-refractivity contribution in [1.82, 2.24) is 0 Å². The van der Waals surface area contributed by atoms with E-state index in [0.717, 1.165) is 33.0 Å². The third-order valence-corrected chi connectivity index (χ3v) is 3.62. The fourth-order valence-electron chi connectivity index (χ4n) is 2.53. The third-order valence-electron chi connectivity index (χ3n) is 3.31. The molecule has 0 amide bonds. The first-order chi connectivity index (χ1) is 9.27. The smallest absolute Gasteiger partial charge is 0.136 e. The Labute approximate surface area is 116 Å². The zero-order valence-corrected chi connectivity index (χ0v) is 11.5. The van der Waals surface area contributed by atoms with Crippen LogP contribution in [0.3, 0.4) is 0 Å². The molecule has 3 aromatic rings. The summed E-state index contributed by atoms with van der Waals surface area (Å²) in [5.41, 5.74) is 0. The Morgan fingerprint density at radius 2 is 1.32 bits per heavy atom. The Kier molecular flexibility index (Phi) is 2.96. The molecule has 2 nitrogen and oxygen atoms in total. The maximum absolute atomic E-state index is 6.33. The summed E-state index contributed by atoms with van der Waals surface area (Å²) in [5, 5.41) is 4.55. The van der Waals surface area contributed by atoms with Crippen LogP contribution in [0.2, 0.25) is 5.02 Å². The van der Waals surface area contributed by atoms with Crippen molar-refractivity contribution >= 4 is 33.1 Å². The summed E-state index contributed by atoms with van der Waals surface area (Å²) in [4.78, 5) is 0. The van der Waals surface area contributed by atoms with Gasteiger partial charge < -0.3 is 9.47 Å². The second kappa shape index (κ2) is 4.63. The third kappa shape index (κ3) is 1.71. The predicted octanol–water partition coefficient (Wildman–Crippen LogP) is 4.66. The highest BCUT2D eigenvalue weighted by Gasteiger charge is 2.16. The zero-order valence-electron chi connectivity index (χ0n) is 10.7. The van der Waals surface area contributed by atoms with Crippen molar-refractivity contribution in [3.8, 4) is 11.5 Å². The molecule has 0 N–H and O–H groups in total. The highest BCUT2D eigenvalue weighted by molar-refractivity contribution is 6.37. The zero-order chi connectivity index (χ0) is 13.4. The summed E-state index contributed by atoms with van der Waals surface area (Å²) in [5.74, 6) is 1.62. The maximum Gasteiger partial charge on any atom is 0.136 e. The Morgan fingerprint density at radius 3 is 1.95 bits per heavy atom. The summed E-state index contributed by atoms with van der Waals surface area (Å²) in [6, 6.07) is 13.8. The van der Waals surface area contributed by atoms with E-state index in [-0.39, 0.29) is 0 Å². The van der Waals surface area contributed by atoms with E-state index in [1.807, 2.05) is 42.5 Å². The first kappa shape index (κ1) is 12.1. The van der Waals surface area contributed by atoms with Crippen molar-refractivity contribution in [3.05, 3.63) is 47.5 Å². The Balaban J connectivity index is 2.65. The molecule has 0 aliphatic carbocycles. The molecule has 0 saturated carbocycles. The van der Waals surface area contributed by atoms with Crippen LogP contribution >= 0.6 is 11.6 Å². The number of benzene rings is 3. The van der Waals surface area contributed by atoms with Crippen LogP contribution in [-0.4, -0.2) is 14.2 Å². The molecule has 0 heterocycles. The molecule has 3 rings (SSSR count). The average molecular weight is 273 g/mol. The van der Waals surface area contributed by atoms with E-state index < -0.39 is 0 Å². The van der Waals surface area contributed by atoms with Crippen LogP contribution < -0.4 is 9.47 Å². The molecule has 3 heteroatoms. The highest BCUT2D eigenvalue weighted by atomic mass is 35.5. The Bertz CT molecular complexity index is 765. The molecule has 0 aromatic heterocycles. The van der Waals surface area contributed by atoms with E-state index in [2.05, 4.69) is 0 Å². The van der Waals surface area contributed by atoms with E-state index in [1.165, 1.54) is 0 Å². The van der Waals surface area contributed by atoms with Crippen LogP contribution in [0.15, 0.2) is 42.5 Å². The van der Waals surface area contributed by atoms with E-state index in [0.29, 0.717) is 5.02 Å². The quantitative estimate of drug-likeness (QED) is 0.632. The number of ether oxygens (including phenoxy) is 2. The fourth-order valence-corrected chi connectivity index (χ4v) is 2.80. The van der Waals surface area contributed by atoms with Gasteiger partial charge in [-0.05, 0) is 6.07 Å². The first-order valence-corrected chi connectivity index (χ1v) is 6.36. The Hall–Kier alpha value is -1.93. The number of hydrogen-bond donors (Lipinski definition) is 0. The molecule has 19 heavy (non-hydrogen) atoms. The van der Waals surface area contributed by atoms with Crippen LogP contribution in [0.25, 0.3) is 21.5 Å². The minimum absolute atomic E-state index is 0.665. The van der Waals surface area contributed by atoms with Crippen molar-refractivity contribution in [2.75, 3.05) is 14.2 Å². The van der Waals surface area contributed by atoms with E-state index in [1.54, 1.807) is 14.2 Å². The van der Waals surface area contributed by atoms with Gasteiger partial charge in [-0.25, -0.2) is 0 Å². The van der Waals surface area contributed by atoms with Gasteiger partial charge >= 0.3 is 0 Å². The summed E-state index contributed by atoms with van der Waals surface area (Å²) in [6.07, 6.45) is 0. The number of halogens is 1. The lowest BCUT2D eigenvalue weighted by atomic mass is 10.0. The highest BCUT2D eigenvalue weighted by Crippen LogP contribution is 2.44. The number of fused-ring (bicyclic) bond motifs is 2. The van der Waals surface area contributed by atoms with Crippen LogP contribution in [0.4, 0.5) is 0 Å². The standard InChI is InChI=1S/C16H13ClO2/c1-18-15-10-6-3-4-7-11(10)16(19-2)14-12(15)8-5-9-13(14)17/h3-9H,1-2H3. The number of methoxy groups -OCH3 is 2. The first-order valence-electron chi connectivity index (χ1n) is 5.99. The van der Waals surface area contributed by atoms with Gasteiger partial charge in [0.15, 0.2) is 0 Å². The molecule has 0 radical (unpaired) electrons. The average Bonchev–Trinajstić information content (AvgIpc) is 2.45.